The molecule has 0 unspecified atom stereocenters. The second-order valence-corrected chi connectivity index (χ2v) is 6.73. The van der Waals surface area contributed by atoms with Crippen LogP contribution in [0.15, 0.2) is 18.2 Å². The third-order valence-electron chi connectivity index (χ3n) is 4.00. The van der Waals surface area contributed by atoms with Crippen molar-refractivity contribution < 1.29 is 9.59 Å². The van der Waals surface area contributed by atoms with E-state index in [-0.39, 0.29) is 23.9 Å². The van der Waals surface area contributed by atoms with Gasteiger partial charge in [0, 0.05) is 35.8 Å². The summed E-state index contributed by atoms with van der Waals surface area (Å²) in [7, 11) is 0. The van der Waals surface area contributed by atoms with E-state index >= 15 is 0 Å². The zero-order valence-electron chi connectivity index (χ0n) is 13.9. The summed E-state index contributed by atoms with van der Waals surface area (Å²) in [6.07, 6.45) is 1.36. The van der Waals surface area contributed by atoms with Gasteiger partial charge in [0.1, 0.15) is 0 Å². The molecule has 23 heavy (non-hydrogen) atoms. The number of likely N-dealkylation sites (tertiary alicyclic amines) is 1. The molecule has 3 amide bonds. The smallest absolute Gasteiger partial charge is 0.317 e. The van der Waals surface area contributed by atoms with Crippen LogP contribution in [-0.4, -0.2) is 36.0 Å². The van der Waals surface area contributed by atoms with Crippen LogP contribution in [0.5, 0.6) is 0 Å². The van der Waals surface area contributed by atoms with Crippen LogP contribution in [0.4, 0.5) is 10.5 Å². The first-order valence-electron chi connectivity index (χ1n) is 7.99. The summed E-state index contributed by atoms with van der Waals surface area (Å²) in [5.41, 5.74) is 1.69. The molecule has 6 heteroatoms. The first-order valence-corrected chi connectivity index (χ1v) is 8.37. The molecular weight excluding hydrogens is 314 g/mol. The Labute approximate surface area is 142 Å². The fourth-order valence-corrected chi connectivity index (χ4v) is 2.78. The minimum absolute atomic E-state index is 0.00571. The van der Waals surface area contributed by atoms with Crippen molar-refractivity contribution in [2.24, 2.45) is 5.92 Å². The number of carbonyl (C=O) groups excluding carboxylic acids is 2. The molecule has 0 saturated carbocycles. The standard InChI is InChI=1S/C17H24ClN3O2/c1-11(2)19-17(23)21-8-6-13(7-9-21)16(22)20-14-5-4-12(3)15(18)10-14/h4-5,10-11,13H,6-9H2,1-3H3,(H,19,23)(H,20,22). The fraction of sp³-hybridized carbons (Fsp3) is 0.529. The van der Waals surface area contributed by atoms with E-state index in [9.17, 15) is 9.59 Å². The molecule has 1 heterocycles. The van der Waals surface area contributed by atoms with Crippen molar-refractivity contribution in [3.63, 3.8) is 0 Å². The zero-order valence-corrected chi connectivity index (χ0v) is 14.6. The number of hydrogen-bond donors (Lipinski definition) is 2. The highest BCUT2D eigenvalue weighted by atomic mass is 35.5. The van der Waals surface area contributed by atoms with Crippen molar-refractivity contribution in [2.75, 3.05) is 18.4 Å². The molecule has 2 N–H and O–H groups in total. The average Bonchev–Trinajstić information content (AvgIpc) is 2.50. The quantitative estimate of drug-likeness (QED) is 0.887. The van der Waals surface area contributed by atoms with Crippen LogP contribution in [0.3, 0.4) is 0 Å². The predicted octanol–water partition coefficient (Wildman–Crippen LogP) is 3.42. The number of amides is 3. The Kier molecular flexibility index (Phi) is 5.88. The minimum Gasteiger partial charge on any atom is -0.336 e. The third kappa shape index (κ3) is 4.86. The Bertz CT molecular complexity index is 581. The lowest BCUT2D eigenvalue weighted by molar-refractivity contribution is -0.121. The van der Waals surface area contributed by atoms with Crippen LogP contribution >= 0.6 is 11.6 Å². The van der Waals surface area contributed by atoms with Crippen LogP contribution in [0, 0.1) is 12.8 Å². The monoisotopic (exact) mass is 337 g/mol. The Hall–Kier alpha value is -1.75. The lowest BCUT2D eigenvalue weighted by Gasteiger charge is -2.32. The summed E-state index contributed by atoms with van der Waals surface area (Å²) < 4.78 is 0. The van der Waals surface area contributed by atoms with E-state index in [0.29, 0.717) is 36.6 Å². The second kappa shape index (κ2) is 7.68. The molecule has 0 radical (unpaired) electrons. The largest absolute Gasteiger partial charge is 0.336 e. The molecule has 0 bridgehead atoms. The zero-order chi connectivity index (χ0) is 17.0. The number of hydrogen-bond acceptors (Lipinski definition) is 2. The number of nitrogens with zero attached hydrogens (tertiary/aromatic N) is 1. The Morgan fingerprint density at radius 1 is 1.26 bits per heavy atom. The summed E-state index contributed by atoms with van der Waals surface area (Å²) >= 11 is 6.08. The number of nitrogens with one attached hydrogen (secondary N) is 2. The van der Waals surface area contributed by atoms with E-state index < -0.39 is 0 Å². The first kappa shape index (κ1) is 17.6. The van der Waals surface area contributed by atoms with Gasteiger partial charge >= 0.3 is 6.03 Å². The van der Waals surface area contributed by atoms with E-state index in [4.69, 9.17) is 11.6 Å². The summed E-state index contributed by atoms with van der Waals surface area (Å²) in [6, 6.07) is 5.57. The molecule has 126 valence electrons. The summed E-state index contributed by atoms with van der Waals surface area (Å²) in [4.78, 5) is 26.1. The normalized spacial score (nSPS) is 15.6. The van der Waals surface area contributed by atoms with E-state index in [2.05, 4.69) is 10.6 Å². The lowest BCUT2D eigenvalue weighted by atomic mass is 9.96. The molecule has 0 aliphatic carbocycles. The molecule has 0 aromatic heterocycles. The van der Waals surface area contributed by atoms with E-state index in [1.807, 2.05) is 32.9 Å². The highest BCUT2D eigenvalue weighted by Gasteiger charge is 2.27. The van der Waals surface area contributed by atoms with Crippen LogP contribution in [0.2, 0.25) is 5.02 Å². The number of benzene rings is 1. The van der Waals surface area contributed by atoms with Crippen LogP contribution in [-0.2, 0) is 4.79 Å². The van der Waals surface area contributed by atoms with Gasteiger partial charge in [0.2, 0.25) is 5.91 Å². The van der Waals surface area contributed by atoms with Gasteiger partial charge < -0.3 is 15.5 Å². The van der Waals surface area contributed by atoms with E-state index in [1.54, 1.807) is 11.0 Å². The van der Waals surface area contributed by atoms with Crippen molar-refractivity contribution >= 4 is 29.2 Å². The van der Waals surface area contributed by atoms with Crippen LogP contribution < -0.4 is 10.6 Å². The number of carbonyl (C=O) groups is 2. The van der Waals surface area contributed by atoms with Crippen molar-refractivity contribution in [3.05, 3.63) is 28.8 Å². The molecule has 1 aromatic carbocycles. The van der Waals surface area contributed by atoms with Gasteiger partial charge in [-0.05, 0) is 51.3 Å². The molecule has 1 saturated heterocycles. The number of aryl methyl sites for hydroxylation is 1. The van der Waals surface area contributed by atoms with E-state index in [1.165, 1.54) is 0 Å². The fourth-order valence-electron chi connectivity index (χ4n) is 2.60. The van der Waals surface area contributed by atoms with Gasteiger partial charge in [-0.2, -0.15) is 0 Å². The number of anilines is 1. The maximum atomic E-state index is 12.3. The van der Waals surface area contributed by atoms with Crippen LogP contribution in [0.25, 0.3) is 0 Å². The van der Waals surface area contributed by atoms with E-state index in [0.717, 1.165) is 5.56 Å². The Balaban J connectivity index is 1.86. The van der Waals surface area contributed by atoms with Gasteiger partial charge in [0.05, 0.1) is 0 Å². The molecule has 1 fully saturated rings. The molecule has 1 aliphatic heterocycles. The van der Waals surface area contributed by atoms with Crippen molar-refractivity contribution in [1.29, 1.82) is 0 Å². The number of rotatable bonds is 3. The molecular formula is C17H24ClN3O2. The maximum absolute atomic E-state index is 12.3. The first-order chi connectivity index (χ1) is 10.9. The molecule has 1 aliphatic rings. The molecule has 1 aromatic rings. The topological polar surface area (TPSA) is 61.4 Å². The molecule has 2 rings (SSSR count). The van der Waals surface area contributed by atoms with Crippen molar-refractivity contribution in [1.82, 2.24) is 10.2 Å². The molecule has 0 atom stereocenters. The van der Waals surface area contributed by atoms with Crippen molar-refractivity contribution in [3.8, 4) is 0 Å². The Morgan fingerprint density at radius 2 is 1.91 bits per heavy atom. The van der Waals surface area contributed by atoms with Gasteiger partial charge in [-0.3, -0.25) is 4.79 Å². The van der Waals surface area contributed by atoms with Gasteiger partial charge in [-0.25, -0.2) is 4.79 Å². The number of halogens is 1. The van der Waals surface area contributed by atoms with Gasteiger partial charge in [0.15, 0.2) is 0 Å². The summed E-state index contributed by atoms with van der Waals surface area (Å²) in [6.45, 7) is 7.00. The van der Waals surface area contributed by atoms with Gasteiger partial charge in [-0.1, -0.05) is 17.7 Å². The van der Waals surface area contributed by atoms with Gasteiger partial charge in [0.25, 0.3) is 0 Å². The predicted molar refractivity (Wildman–Crippen MR) is 92.8 cm³/mol. The highest BCUT2D eigenvalue weighted by Crippen LogP contribution is 2.23. The average molecular weight is 338 g/mol. The third-order valence-corrected chi connectivity index (χ3v) is 4.41. The SMILES string of the molecule is Cc1ccc(NC(=O)C2CCN(C(=O)NC(C)C)CC2)cc1Cl. The Morgan fingerprint density at radius 3 is 2.48 bits per heavy atom. The summed E-state index contributed by atoms with van der Waals surface area (Å²) in [5, 5.41) is 6.43. The summed E-state index contributed by atoms with van der Waals surface area (Å²) in [5.74, 6) is -0.0768. The van der Waals surface area contributed by atoms with Gasteiger partial charge in [-0.15, -0.1) is 0 Å². The minimum atomic E-state index is -0.0711. The molecule has 0 spiro atoms. The lowest BCUT2D eigenvalue weighted by Crippen LogP contribution is -2.47. The molecule has 5 nitrogen and oxygen atoms in total. The second-order valence-electron chi connectivity index (χ2n) is 6.32. The highest BCUT2D eigenvalue weighted by molar-refractivity contribution is 6.31. The maximum Gasteiger partial charge on any atom is 0.317 e. The van der Waals surface area contributed by atoms with Crippen LogP contribution in [0.1, 0.15) is 32.3 Å². The number of piperidine rings is 1. The number of urea groups is 1. The van der Waals surface area contributed by atoms with Crippen molar-refractivity contribution in [2.45, 2.75) is 39.7 Å².